The average molecular weight is 490 g/mol. The highest BCUT2D eigenvalue weighted by Crippen LogP contribution is 2.42. The fourth-order valence-electron chi connectivity index (χ4n) is 4.78. The smallest absolute Gasteiger partial charge is 0.295 e. The Bertz CT molecular complexity index is 1690. The third-order valence-corrected chi connectivity index (χ3v) is 6.53. The van der Waals surface area contributed by atoms with Crippen LogP contribution >= 0.6 is 0 Å². The van der Waals surface area contributed by atoms with Crippen LogP contribution in [-0.2, 0) is 0 Å². The van der Waals surface area contributed by atoms with Gasteiger partial charge in [0.05, 0.1) is 24.1 Å². The molecule has 4 aromatic carbocycles. The van der Waals surface area contributed by atoms with Crippen LogP contribution in [0.5, 0.6) is 17.2 Å². The molecule has 0 fully saturated rings. The summed E-state index contributed by atoms with van der Waals surface area (Å²) in [6.07, 6.45) is 0. The van der Waals surface area contributed by atoms with Gasteiger partial charge in [-0.3, -0.25) is 14.5 Å². The number of rotatable bonds is 5. The third-order valence-electron chi connectivity index (χ3n) is 6.53. The molecule has 1 aliphatic heterocycles. The Morgan fingerprint density at radius 2 is 1.54 bits per heavy atom. The molecule has 1 unspecified atom stereocenters. The highest BCUT2D eigenvalue weighted by Gasteiger charge is 2.43. The van der Waals surface area contributed by atoms with Crippen LogP contribution in [0.25, 0.3) is 11.0 Å². The zero-order chi connectivity index (χ0) is 25.5. The first kappa shape index (κ1) is 22.6. The molecule has 0 N–H and O–H groups in total. The van der Waals surface area contributed by atoms with Crippen molar-refractivity contribution in [1.29, 1.82) is 0 Å². The van der Waals surface area contributed by atoms with Gasteiger partial charge in [-0.15, -0.1) is 0 Å². The van der Waals surface area contributed by atoms with E-state index < -0.39 is 6.04 Å². The van der Waals surface area contributed by atoms with Crippen molar-refractivity contribution in [3.63, 3.8) is 0 Å². The number of methoxy groups -OCH3 is 1. The molecular formula is C31H23NO5. The fraction of sp³-hybridized carbons (Fsp3) is 0.0968. The SMILES string of the molecule is COc1ccc(N2C(=O)c3oc4ccc(C)cc4c(=O)c3C2c2cccc(Oc3ccccc3)c2)cc1. The van der Waals surface area contributed by atoms with E-state index in [1.165, 1.54) is 0 Å². The Morgan fingerprint density at radius 3 is 2.30 bits per heavy atom. The van der Waals surface area contributed by atoms with E-state index >= 15 is 0 Å². The van der Waals surface area contributed by atoms with Crippen LogP contribution in [0.4, 0.5) is 5.69 Å². The van der Waals surface area contributed by atoms with Crippen molar-refractivity contribution in [3.05, 3.63) is 130 Å². The van der Waals surface area contributed by atoms with Gasteiger partial charge in [0.1, 0.15) is 22.8 Å². The van der Waals surface area contributed by atoms with Crippen LogP contribution in [0.2, 0.25) is 0 Å². The van der Waals surface area contributed by atoms with Crippen LogP contribution in [0.3, 0.4) is 0 Å². The first-order valence-corrected chi connectivity index (χ1v) is 11.9. The Hall–Kier alpha value is -4.84. The van der Waals surface area contributed by atoms with Crippen LogP contribution < -0.4 is 19.8 Å². The topological polar surface area (TPSA) is 69.0 Å². The lowest BCUT2D eigenvalue weighted by Crippen LogP contribution is -2.29. The van der Waals surface area contributed by atoms with E-state index in [1.807, 2.05) is 67.6 Å². The van der Waals surface area contributed by atoms with Crippen molar-refractivity contribution >= 4 is 22.6 Å². The molecule has 1 atom stereocenters. The number of carbonyl (C=O) groups is 1. The van der Waals surface area contributed by atoms with E-state index in [-0.39, 0.29) is 17.1 Å². The van der Waals surface area contributed by atoms with Gasteiger partial charge in [-0.25, -0.2) is 0 Å². The van der Waals surface area contributed by atoms with E-state index in [9.17, 15) is 9.59 Å². The summed E-state index contributed by atoms with van der Waals surface area (Å²) in [5, 5.41) is 0.449. The molecule has 0 bridgehead atoms. The number of nitrogens with zero attached hydrogens (tertiary/aromatic N) is 1. The van der Waals surface area contributed by atoms with E-state index in [1.54, 1.807) is 48.4 Å². The minimum absolute atomic E-state index is 0.0524. The van der Waals surface area contributed by atoms with Crippen LogP contribution in [-0.4, -0.2) is 13.0 Å². The molecule has 182 valence electrons. The summed E-state index contributed by atoms with van der Waals surface area (Å²) in [7, 11) is 1.59. The van der Waals surface area contributed by atoms with Gasteiger partial charge in [0, 0.05) is 5.69 Å². The van der Waals surface area contributed by atoms with Crippen molar-refractivity contribution in [2.45, 2.75) is 13.0 Å². The Balaban J connectivity index is 1.54. The van der Waals surface area contributed by atoms with Crippen molar-refractivity contribution in [1.82, 2.24) is 0 Å². The normalized spacial score (nSPS) is 14.6. The van der Waals surface area contributed by atoms with Gasteiger partial charge >= 0.3 is 0 Å². The number of benzene rings is 4. The molecule has 2 heterocycles. The van der Waals surface area contributed by atoms with Gasteiger partial charge in [-0.2, -0.15) is 0 Å². The Kier molecular flexibility index (Phi) is 5.49. The predicted octanol–water partition coefficient (Wildman–Crippen LogP) is 6.65. The zero-order valence-electron chi connectivity index (χ0n) is 20.3. The molecular weight excluding hydrogens is 466 g/mol. The summed E-state index contributed by atoms with van der Waals surface area (Å²) >= 11 is 0. The number of hydrogen-bond donors (Lipinski definition) is 0. The molecule has 6 heteroatoms. The van der Waals surface area contributed by atoms with Crippen LogP contribution in [0.1, 0.15) is 33.3 Å². The number of para-hydroxylation sites is 1. The van der Waals surface area contributed by atoms with Gasteiger partial charge in [0.15, 0.2) is 5.43 Å². The standard InChI is InChI=1S/C31H23NO5/c1-19-11-16-26-25(17-19)29(33)27-28(20-7-6-10-24(18-20)36-23-8-4-3-5-9-23)32(31(34)30(27)37-26)21-12-14-22(35-2)15-13-21/h3-18,28H,1-2H3. The van der Waals surface area contributed by atoms with Gasteiger partial charge in [-0.1, -0.05) is 42.0 Å². The van der Waals surface area contributed by atoms with Gasteiger partial charge in [0.2, 0.25) is 5.76 Å². The number of hydrogen-bond acceptors (Lipinski definition) is 5. The molecule has 1 aliphatic rings. The summed E-state index contributed by atoms with van der Waals surface area (Å²) in [6.45, 7) is 1.92. The maximum atomic E-state index is 13.9. The minimum Gasteiger partial charge on any atom is -0.497 e. The van der Waals surface area contributed by atoms with Gasteiger partial charge in [-0.05, 0) is 73.2 Å². The molecule has 0 aliphatic carbocycles. The number of carbonyl (C=O) groups excluding carboxylic acids is 1. The molecule has 37 heavy (non-hydrogen) atoms. The largest absolute Gasteiger partial charge is 0.497 e. The highest BCUT2D eigenvalue weighted by atomic mass is 16.5. The molecule has 0 saturated carbocycles. The van der Waals surface area contributed by atoms with E-state index in [0.29, 0.717) is 39.5 Å². The van der Waals surface area contributed by atoms with E-state index in [0.717, 1.165) is 11.1 Å². The zero-order valence-corrected chi connectivity index (χ0v) is 20.3. The van der Waals surface area contributed by atoms with Crippen LogP contribution in [0, 0.1) is 6.92 Å². The Labute approximate surface area is 213 Å². The first-order valence-electron chi connectivity index (χ1n) is 11.9. The maximum absolute atomic E-state index is 13.9. The molecule has 6 nitrogen and oxygen atoms in total. The summed E-state index contributed by atoms with van der Waals surface area (Å²) in [4.78, 5) is 29.3. The van der Waals surface area contributed by atoms with Crippen molar-refractivity contribution in [2.24, 2.45) is 0 Å². The number of fused-ring (bicyclic) bond motifs is 2. The molecule has 0 saturated heterocycles. The lowest BCUT2D eigenvalue weighted by atomic mass is 9.97. The molecule has 5 aromatic rings. The highest BCUT2D eigenvalue weighted by molar-refractivity contribution is 6.10. The summed E-state index contributed by atoms with van der Waals surface area (Å²) in [5.74, 6) is 1.63. The predicted molar refractivity (Wildman–Crippen MR) is 142 cm³/mol. The molecule has 0 radical (unpaired) electrons. The number of ether oxygens (including phenoxy) is 2. The maximum Gasteiger partial charge on any atom is 0.295 e. The second-order valence-corrected chi connectivity index (χ2v) is 8.94. The second kappa shape index (κ2) is 8.99. The van der Waals surface area contributed by atoms with Crippen molar-refractivity contribution < 1.29 is 18.7 Å². The molecule has 6 rings (SSSR count). The van der Waals surface area contributed by atoms with Gasteiger partial charge in [0.25, 0.3) is 5.91 Å². The van der Waals surface area contributed by atoms with E-state index in [4.69, 9.17) is 13.9 Å². The lowest BCUT2D eigenvalue weighted by molar-refractivity contribution is 0.0971. The average Bonchev–Trinajstić information content (AvgIpc) is 3.22. The summed E-state index contributed by atoms with van der Waals surface area (Å²) < 4.78 is 17.4. The Morgan fingerprint density at radius 1 is 0.784 bits per heavy atom. The molecule has 0 spiro atoms. The number of anilines is 1. The summed E-state index contributed by atoms with van der Waals surface area (Å²) in [6, 6.07) is 28.8. The monoisotopic (exact) mass is 489 g/mol. The van der Waals surface area contributed by atoms with E-state index in [2.05, 4.69) is 0 Å². The first-order chi connectivity index (χ1) is 18.0. The second-order valence-electron chi connectivity index (χ2n) is 8.94. The van der Waals surface area contributed by atoms with Gasteiger partial charge < -0.3 is 13.9 Å². The fourth-order valence-corrected chi connectivity index (χ4v) is 4.78. The minimum atomic E-state index is -0.698. The third kappa shape index (κ3) is 3.93. The quantitative estimate of drug-likeness (QED) is 0.276. The lowest BCUT2D eigenvalue weighted by Gasteiger charge is -2.25. The summed E-state index contributed by atoms with van der Waals surface area (Å²) in [5.41, 5.74) is 2.77. The number of amides is 1. The van der Waals surface area contributed by atoms with Crippen molar-refractivity contribution in [3.8, 4) is 17.2 Å². The molecule has 1 amide bonds. The molecule has 1 aromatic heterocycles. The van der Waals surface area contributed by atoms with Crippen LogP contribution in [0.15, 0.2) is 106 Å². The number of aryl methyl sites for hydroxylation is 1. The van der Waals surface area contributed by atoms with Crippen molar-refractivity contribution in [2.75, 3.05) is 12.0 Å².